The number of rotatable bonds is 5. The Morgan fingerprint density at radius 1 is 1.27 bits per heavy atom. The van der Waals surface area contributed by atoms with E-state index in [4.69, 9.17) is 0 Å². The normalized spacial score (nSPS) is 16.2. The molecule has 0 atom stereocenters. The lowest BCUT2D eigenvalue weighted by Crippen LogP contribution is -2.36. The molecule has 0 N–H and O–H groups in total. The average molecular weight is 371 g/mol. The van der Waals surface area contributed by atoms with Crippen molar-refractivity contribution in [1.82, 2.24) is 34.4 Å². The predicted molar refractivity (Wildman–Crippen MR) is 98.3 cm³/mol. The summed E-state index contributed by atoms with van der Waals surface area (Å²) in [6.07, 6.45) is 7.15. The molecule has 1 fully saturated rings. The molecule has 0 aromatic carbocycles. The summed E-state index contributed by atoms with van der Waals surface area (Å²) in [6.45, 7) is 5.74. The number of aromatic nitrogens is 6. The molecule has 3 aromatic heterocycles. The van der Waals surface area contributed by atoms with Gasteiger partial charge in [-0.05, 0) is 44.8 Å². The van der Waals surface area contributed by atoms with Gasteiger partial charge in [-0.1, -0.05) is 0 Å². The largest absolute Gasteiger partial charge is 0.298 e. The standard InChI is InChI=1S/C17H21N7OS/c1-13-19-8-15(26-13)10-22-6-4-14(5-7-22)9-23-17(25)3-2-16(21-23)24-12-18-11-20-24/h2-3,8,11-12,14H,4-7,9-10H2,1H3. The first-order valence-electron chi connectivity index (χ1n) is 8.74. The zero-order valence-electron chi connectivity index (χ0n) is 14.7. The summed E-state index contributed by atoms with van der Waals surface area (Å²) >= 11 is 1.77. The minimum Gasteiger partial charge on any atom is -0.298 e. The van der Waals surface area contributed by atoms with Gasteiger partial charge < -0.3 is 0 Å². The molecule has 0 bridgehead atoms. The Morgan fingerprint density at radius 2 is 2.12 bits per heavy atom. The molecule has 4 rings (SSSR count). The number of hydrogen-bond acceptors (Lipinski definition) is 7. The average Bonchev–Trinajstić information content (AvgIpc) is 3.31. The van der Waals surface area contributed by atoms with Crippen LogP contribution in [0.1, 0.15) is 22.7 Å². The molecule has 136 valence electrons. The van der Waals surface area contributed by atoms with Gasteiger partial charge in [-0.3, -0.25) is 9.69 Å². The van der Waals surface area contributed by atoms with Crippen LogP contribution in [0.5, 0.6) is 0 Å². The van der Waals surface area contributed by atoms with Crippen LogP contribution < -0.4 is 5.56 Å². The summed E-state index contributed by atoms with van der Waals surface area (Å²) in [6, 6.07) is 3.22. The lowest BCUT2D eigenvalue weighted by molar-refractivity contribution is 0.164. The highest BCUT2D eigenvalue weighted by atomic mass is 32.1. The van der Waals surface area contributed by atoms with Crippen LogP contribution in [-0.2, 0) is 13.1 Å². The third-order valence-electron chi connectivity index (χ3n) is 4.69. The summed E-state index contributed by atoms with van der Waals surface area (Å²) in [5.41, 5.74) is -0.0727. The van der Waals surface area contributed by atoms with E-state index in [0.29, 0.717) is 18.3 Å². The summed E-state index contributed by atoms with van der Waals surface area (Å²) in [5.74, 6) is 1.07. The number of nitrogens with zero attached hydrogens (tertiary/aromatic N) is 7. The Morgan fingerprint density at radius 3 is 2.81 bits per heavy atom. The van der Waals surface area contributed by atoms with Crippen LogP contribution in [0.2, 0.25) is 0 Å². The van der Waals surface area contributed by atoms with Crippen molar-refractivity contribution in [3.8, 4) is 5.82 Å². The second-order valence-electron chi connectivity index (χ2n) is 6.62. The van der Waals surface area contributed by atoms with Crippen molar-refractivity contribution in [3.63, 3.8) is 0 Å². The Hall–Kier alpha value is -2.39. The third kappa shape index (κ3) is 3.88. The molecule has 0 amide bonds. The highest BCUT2D eigenvalue weighted by Crippen LogP contribution is 2.22. The van der Waals surface area contributed by atoms with Crippen LogP contribution in [0, 0.1) is 12.8 Å². The fraction of sp³-hybridized carbons (Fsp3) is 0.471. The molecule has 0 saturated carbocycles. The third-order valence-corrected chi connectivity index (χ3v) is 5.59. The second-order valence-corrected chi connectivity index (χ2v) is 7.94. The van der Waals surface area contributed by atoms with Crippen molar-refractivity contribution >= 4 is 11.3 Å². The predicted octanol–water partition coefficient (Wildman–Crippen LogP) is 1.50. The lowest BCUT2D eigenvalue weighted by atomic mass is 9.97. The maximum absolute atomic E-state index is 12.2. The molecule has 8 nitrogen and oxygen atoms in total. The van der Waals surface area contributed by atoms with E-state index in [9.17, 15) is 4.79 Å². The Kier molecular flexibility index (Phi) is 4.89. The van der Waals surface area contributed by atoms with E-state index in [0.717, 1.165) is 37.5 Å². The maximum Gasteiger partial charge on any atom is 0.266 e. The number of aryl methyl sites for hydroxylation is 1. The lowest BCUT2D eigenvalue weighted by Gasteiger charge is -2.31. The van der Waals surface area contributed by atoms with Crippen LogP contribution in [0.3, 0.4) is 0 Å². The molecule has 1 aliphatic heterocycles. The monoisotopic (exact) mass is 371 g/mol. The van der Waals surface area contributed by atoms with E-state index in [1.54, 1.807) is 39.2 Å². The second kappa shape index (κ2) is 7.46. The molecule has 0 unspecified atom stereocenters. The molecule has 3 aromatic rings. The number of likely N-dealkylation sites (tertiary alicyclic amines) is 1. The van der Waals surface area contributed by atoms with E-state index in [2.05, 4.69) is 25.1 Å². The fourth-order valence-electron chi connectivity index (χ4n) is 3.29. The van der Waals surface area contributed by atoms with Crippen molar-refractivity contribution in [3.05, 3.63) is 51.2 Å². The minimum absolute atomic E-state index is 0.0727. The smallest absolute Gasteiger partial charge is 0.266 e. The van der Waals surface area contributed by atoms with Gasteiger partial charge in [-0.25, -0.2) is 19.3 Å². The van der Waals surface area contributed by atoms with Crippen LogP contribution in [0.15, 0.2) is 35.8 Å². The first-order valence-corrected chi connectivity index (χ1v) is 9.56. The van der Waals surface area contributed by atoms with Gasteiger partial charge in [-0.15, -0.1) is 16.4 Å². The van der Waals surface area contributed by atoms with Crippen molar-refractivity contribution in [2.24, 2.45) is 5.92 Å². The summed E-state index contributed by atoms with van der Waals surface area (Å²) in [7, 11) is 0. The van der Waals surface area contributed by atoms with Crippen molar-refractivity contribution < 1.29 is 0 Å². The molecule has 0 radical (unpaired) electrons. The Bertz CT molecular complexity index is 909. The zero-order chi connectivity index (χ0) is 17.9. The molecule has 0 aliphatic carbocycles. The molecule has 26 heavy (non-hydrogen) atoms. The van der Waals surface area contributed by atoms with Gasteiger partial charge in [-0.2, -0.15) is 5.10 Å². The Balaban J connectivity index is 1.37. The molecule has 9 heteroatoms. The highest BCUT2D eigenvalue weighted by molar-refractivity contribution is 7.11. The first-order chi connectivity index (χ1) is 12.7. The van der Waals surface area contributed by atoms with Crippen LogP contribution >= 0.6 is 11.3 Å². The topological polar surface area (TPSA) is 81.7 Å². The van der Waals surface area contributed by atoms with Crippen LogP contribution in [-0.4, -0.2) is 47.5 Å². The first kappa shape index (κ1) is 17.0. The quantitative estimate of drug-likeness (QED) is 0.676. The molecule has 4 heterocycles. The van der Waals surface area contributed by atoms with Crippen molar-refractivity contribution in [2.75, 3.05) is 13.1 Å². The van der Waals surface area contributed by atoms with Crippen LogP contribution in [0.25, 0.3) is 5.82 Å². The molecular formula is C17H21N7OS. The summed E-state index contributed by atoms with van der Waals surface area (Å²) in [5, 5.41) is 9.63. The van der Waals surface area contributed by atoms with Crippen molar-refractivity contribution in [1.29, 1.82) is 0 Å². The molecule has 1 aliphatic rings. The highest BCUT2D eigenvalue weighted by Gasteiger charge is 2.21. The van der Waals surface area contributed by atoms with Crippen LogP contribution in [0.4, 0.5) is 0 Å². The van der Waals surface area contributed by atoms with Gasteiger partial charge in [0.15, 0.2) is 5.82 Å². The number of hydrogen-bond donors (Lipinski definition) is 0. The number of thiazole rings is 1. The van der Waals surface area contributed by atoms with Gasteiger partial charge in [0.2, 0.25) is 0 Å². The number of piperidine rings is 1. The zero-order valence-corrected chi connectivity index (χ0v) is 15.5. The minimum atomic E-state index is -0.0727. The summed E-state index contributed by atoms with van der Waals surface area (Å²) in [4.78, 5) is 24.2. The van der Waals surface area contributed by atoms with E-state index in [1.165, 1.54) is 11.2 Å². The van der Waals surface area contributed by atoms with Crippen molar-refractivity contribution in [2.45, 2.75) is 32.9 Å². The molecule has 0 spiro atoms. The molecule has 1 saturated heterocycles. The van der Waals surface area contributed by atoms with E-state index >= 15 is 0 Å². The van der Waals surface area contributed by atoms with Gasteiger partial charge in [0.25, 0.3) is 5.56 Å². The van der Waals surface area contributed by atoms with Gasteiger partial charge in [0.05, 0.1) is 5.01 Å². The van der Waals surface area contributed by atoms with Gasteiger partial charge in [0, 0.05) is 30.2 Å². The summed E-state index contributed by atoms with van der Waals surface area (Å²) < 4.78 is 3.12. The van der Waals surface area contributed by atoms with Gasteiger partial charge >= 0.3 is 0 Å². The van der Waals surface area contributed by atoms with Gasteiger partial charge in [0.1, 0.15) is 12.7 Å². The Labute approximate surface area is 155 Å². The maximum atomic E-state index is 12.2. The molecular weight excluding hydrogens is 350 g/mol. The van der Waals surface area contributed by atoms with E-state index < -0.39 is 0 Å². The van der Waals surface area contributed by atoms with E-state index in [-0.39, 0.29) is 5.56 Å². The van der Waals surface area contributed by atoms with E-state index in [1.807, 2.05) is 13.1 Å². The SMILES string of the molecule is Cc1ncc(CN2CCC(Cn3nc(-n4cncn4)ccc3=O)CC2)s1. The fourth-order valence-corrected chi connectivity index (χ4v) is 4.13.